The van der Waals surface area contributed by atoms with Crippen LogP contribution in [0.4, 0.5) is 0 Å². The minimum absolute atomic E-state index is 0.525. The Morgan fingerprint density at radius 1 is 1.45 bits per heavy atom. The van der Waals surface area contributed by atoms with Gasteiger partial charge in [0, 0.05) is 6.04 Å². The lowest BCUT2D eigenvalue weighted by Crippen LogP contribution is -2.24. The Morgan fingerprint density at radius 3 is 2.82 bits per heavy atom. The van der Waals surface area contributed by atoms with Gasteiger partial charge in [-0.2, -0.15) is 11.8 Å². The maximum atomic E-state index is 5.95. The van der Waals surface area contributed by atoms with E-state index in [0.29, 0.717) is 6.04 Å². The maximum Gasteiger partial charge on any atom is 0.00671 e. The van der Waals surface area contributed by atoms with Crippen LogP contribution in [0.3, 0.4) is 0 Å². The fourth-order valence-corrected chi connectivity index (χ4v) is 2.37. The first-order valence-corrected chi connectivity index (χ1v) is 5.98. The third-order valence-corrected chi connectivity index (χ3v) is 3.34. The van der Waals surface area contributed by atoms with Crippen molar-refractivity contribution in [2.24, 2.45) is 11.7 Å². The zero-order chi connectivity index (χ0) is 8.10. The zero-order valence-electron chi connectivity index (χ0n) is 7.38. The van der Waals surface area contributed by atoms with Crippen LogP contribution in [-0.4, -0.2) is 18.1 Å². The van der Waals surface area contributed by atoms with E-state index in [1.165, 1.54) is 37.9 Å². The molecule has 0 bridgehead atoms. The van der Waals surface area contributed by atoms with E-state index in [4.69, 9.17) is 5.73 Å². The summed E-state index contributed by atoms with van der Waals surface area (Å²) in [6.45, 7) is 0. The molecular formula is C9H19NS. The van der Waals surface area contributed by atoms with E-state index in [9.17, 15) is 0 Å². The highest BCUT2D eigenvalue weighted by Gasteiger charge is 2.22. The van der Waals surface area contributed by atoms with Gasteiger partial charge in [-0.1, -0.05) is 6.42 Å². The smallest absolute Gasteiger partial charge is 0.00671 e. The van der Waals surface area contributed by atoms with Crippen LogP contribution in [0.1, 0.15) is 32.1 Å². The van der Waals surface area contributed by atoms with E-state index in [0.717, 1.165) is 5.92 Å². The first kappa shape index (κ1) is 9.40. The lowest BCUT2D eigenvalue weighted by Gasteiger charge is -2.13. The molecule has 1 rings (SSSR count). The third kappa shape index (κ3) is 3.04. The summed E-state index contributed by atoms with van der Waals surface area (Å²) >= 11 is 1.95. The molecule has 0 aromatic rings. The number of hydrogen-bond donors (Lipinski definition) is 1. The summed E-state index contributed by atoms with van der Waals surface area (Å²) in [5.41, 5.74) is 5.95. The van der Waals surface area contributed by atoms with Gasteiger partial charge in [-0.3, -0.25) is 0 Å². The SMILES string of the molecule is CSCCCC1CCCC1N. The molecule has 2 N–H and O–H groups in total. The monoisotopic (exact) mass is 173 g/mol. The second kappa shape index (κ2) is 5.04. The average Bonchev–Trinajstić information content (AvgIpc) is 2.37. The van der Waals surface area contributed by atoms with Gasteiger partial charge in [0.1, 0.15) is 0 Å². The van der Waals surface area contributed by atoms with Crippen molar-refractivity contribution in [1.82, 2.24) is 0 Å². The molecule has 0 aromatic carbocycles. The van der Waals surface area contributed by atoms with Crippen LogP contribution in [0.15, 0.2) is 0 Å². The van der Waals surface area contributed by atoms with Crippen molar-refractivity contribution in [3.63, 3.8) is 0 Å². The van der Waals surface area contributed by atoms with Gasteiger partial charge >= 0.3 is 0 Å². The van der Waals surface area contributed by atoms with E-state index in [2.05, 4.69) is 6.26 Å². The van der Waals surface area contributed by atoms with Gasteiger partial charge in [0.2, 0.25) is 0 Å². The Hall–Kier alpha value is 0.310. The van der Waals surface area contributed by atoms with Gasteiger partial charge < -0.3 is 5.73 Å². The van der Waals surface area contributed by atoms with Gasteiger partial charge in [0.25, 0.3) is 0 Å². The molecule has 1 nitrogen and oxygen atoms in total. The van der Waals surface area contributed by atoms with E-state index in [-0.39, 0.29) is 0 Å². The minimum Gasteiger partial charge on any atom is -0.327 e. The summed E-state index contributed by atoms with van der Waals surface area (Å²) in [4.78, 5) is 0. The molecule has 0 saturated heterocycles. The minimum atomic E-state index is 0.525. The van der Waals surface area contributed by atoms with E-state index >= 15 is 0 Å². The topological polar surface area (TPSA) is 26.0 Å². The summed E-state index contributed by atoms with van der Waals surface area (Å²) in [6, 6.07) is 0.525. The molecule has 0 aromatic heterocycles. The van der Waals surface area contributed by atoms with Crippen molar-refractivity contribution >= 4 is 11.8 Å². The van der Waals surface area contributed by atoms with Crippen LogP contribution in [0.25, 0.3) is 0 Å². The highest BCUT2D eigenvalue weighted by molar-refractivity contribution is 7.98. The second-order valence-corrected chi connectivity index (χ2v) is 4.48. The highest BCUT2D eigenvalue weighted by Crippen LogP contribution is 2.28. The van der Waals surface area contributed by atoms with E-state index in [1.54, 1.807) is 0 Å². The molecule has 2 unspecified atom stereocenters. The Kier molecular flexibility index (Phi) is 4.31. The van der Waals surface area contributed by atoms with Gasteiger partial charge in [0.15, 0.2) is 0 Å². The Morgan fingerprint density at radius 2 is 2.27 bits per heavy atom. The van der Waals surface area contributed by atoms with Gasteiger partial charge in [-0.15, -0.1) is 0 Å². The lowest BCUT2D eigenvalue weighted by atomic mass is 9.99. The second-order valence-electron chi connectivity index (χ2n) is 3.49. The molecule has 11 heavy (non-hydrogen) atoms. The Balaban J connectivity index is 2.05. The summed E-state index contributed by atoms with van der Waals surface area (Å²) in [5.74, 6) is 2.16. The van der Waals surface area contributed by atoms with Crippen molar-refractivity contribution < 1.29 is 0 Å². The standard InChI is InChI=1S/C9H19NS/c1-11-7-3-5-8-4-2-6-9(8)10/h8-9H,2-7,10H2,1H3. The average molecular weight is 173 g/mol. The fraction of sp³-hybridized carbons (Fsp3) is 1.00. The molecule has 2 heteroatoms. The van der Waals surface area contributed by atoms with Gasteiger partial charge in [-0.25, -0.2) is 0 Å². The van der Waals surface area contributed by atoms with Crippen LogP contribution in [0.5, 0.6) is 0 Å². The summed E-state index contributed by atoms with van der Waals surface area (Å²) < 4.78 is 0. The summed E-state index contributed by atoms with van der Waals surface area (Å²) in [7, 11) is 0. The summed E-state index contributed by atoms with van der Waals surface area (Å²) in [5, 5.41) is 0. The number of hydrogen-bond acceptors (Lipinski definition) is 2. The third-order valence-electron chi connectivity index (χ3n) is 2.64. The van der Waals surface area contributed by atoms with E-state index < -0.39 is 0 Å². The lowest BCUT2D eigenvalue weighted by molar-refractivity contribution is 0.443. The van der Waals surface area contributed by atoms with Crippen LogP contribution >= 0.6 is 11.8 Å². The summed E-state index contributed by atoms with van der Waals surface area (Å²) in [6.07, 6.45) is 8.92. The van der Waals surface area contributed by atoms with E-state index in [1.807, 2.05) is 11.8 Å². The predicted molar refractivity (Wildman–Crippen MR) is 52.9 cm³/mol. The van der Waals surface area contributed by atoms with Gasteiger partial charge in [-0.05, 0) is 43.6 Å². The molecule has 1 aliphatic rings. The molecule has 0 heterocycles. The molecule has 1 fully saturated rings. The van der Waals surface area contributed by atoms with Crippen molar-refractivity contribution in [2.45, 2.75) is 38.1 Å². The number of thioether (sulfide) groups is 1. The van der Waals surface area contributed by atoms with Crippen molar-refractivity contribution in [3.05, 3.63) is 0 Å². The predicted octanol–water partition coefficient (Wildman–Crippen LogP) is 2.26. The van der Waals surface area contributed by atoms with Crippen molar-refractivity contribution in [1.29, 1.82) is 0 Å². The normalized spacial score (nSPS) is 31.1. The number of nitrogens with two attached hydrogens (primary N) is 1. The van der Waals surface area contributed by atoms with Crippen molar-refractivity contribution in [2.75, 3.05) is 12.0 Å². The van der Waals surface area contributed by atoms with Crippen LogP contribution in [0.2, 0.25) is 0 Å². The maximum absolute atomic E-state index is 5.95. The fourth-order valence-electron chi connectivity index (χ4n) is 1.91. The van der Waals surface area contributed by atoms with Crippen molar-refractivity contribution in [3.8, 4) is 0 Å². The molecule has 1 aliphatic carbocycles. The molecule has 0 amide bonds. The highest BCUT2D eigenvalue weighted by atomic mass is 32.2. The molecule has 0 spiro atoms. The largest absolute Gasteiger partial charge is 0.327 e. The molecule has 1 saturated carbocycles. The molecule has 66 valence electrons. The Labute approximate surface area is 74.1 Å². The van der Waals surface area contributed by atoms with Crippen LogP contribution < -0.4 is 5.73 Å². The molecule has 0 radical (unpaired) electrons. The molecule has 0 aliphatic heterocycles. The molecule has 2 atom stereocenters. The van der Waals surface area contributed by atoms with Crippen LogP contribution in [0, 0.1) is 5.92 Å². The van der Waals surface area contributed by atoms with Gasteiger partial charge in [0.05, 0.1) is 0 Å². The quantitative estimate of drug-likeness (QED) is 0.660. The zero-order valence-corrected chi connectivity index (χ0v) is 8.20. The first-order chi connectivity index (χ1) is 5.34. The molecular weight excluding hydrogens is 154 g/mol. The Bertz CT molecular complexity index is 106. The van der Waals surface area contributed by atoms with Crippen LogP contribution in [-0.2, 0) is 0 Å². The first-order valence-electron chi connectivity index (χ1n) is 4.59. The number of rotatable bonds is 4.